The van der Waals surface area contributed by atoms with Crippen LogP contribution in [0.1, 0.15) is 38.3 Å². The van der Waals surface area contributed by atoms with Gasteiger partial charge in [0.1, 0.15) is 5.60 Å². The summed E-state index contributed by atoms with van der Waals surface area (Å²) in [5.41, 5.74) is -7.59. The van der Waals surface area contributed by atoms with Crippen LogP contribution in [0.2, 0.25) is 0 Å². The predicted octanol–water partition coefficient (Wildman–Crippen LogP) is 5.29. The SMILES string of the molecule is [C-]#[N+]c1ccc(NC(=O)C(C)(O)CC)cc1C(F)(F)F.[C-]#[N+]c1ccc(NC(=O)C(C)(O)CO)cc1C(F)(F)F. The fraction of sp³-hybridized carbons (Fsp3) is 0.360. The number of hydrogen-bond donors (Lipinski definition) is 5. The summed E-state index contributed by atoms with van der Waals surface area (Å²) >= 11 is 0. The van der Waals surface area contributed by atoms with Crippen molar-refractivity contribution in [3.8, 4) is 0 Å². The number of carbonyl (C=O) groups is 2. The third kappa shape index (κ3) is 8.94. The van der Waals surface area contributed by atoms with Crippen molar-refractivity contribution in [1.29, 1.82) is 0 Å². The second-order valence-corrected chi connectivity index (χ2v) is 8.65. The molecule has 2 rings (SSSR count). The summed E-state index contributed by atoms with van der Waals surface area (Å²) in [6, 6.07) is 5.46. The van der Waals surface area contributed by atoms with Crippen LogP contribution in [0.25, 0.3) is 9.69 Å². The standard InChI is InChI=1S/C13H13F3N2O2.C12H11F3N2O3/c1-4-12(2,20)11(19)18-8-5-6-10(17-3)9(7-8)13(14,15)16;1-11(20,6-18)10(19)17-7-3-4-9(16-2)8(5-7)12(13,14)15/h5-7,20H,4H2,1-2H3,(H,18,19);3-5,18,20H,6H2,1H3,(H,17,19). The minimum Gasteiger partial charge on any atom is -0.393 e. The smallest absolute Gasteiger partial charge is 0.393 e. The first-order valence-corrected chi connectivity index (χ1v) is 11.1. The fourth-order valence-corrected chi connectivity index (χ4v) is 2.64. The van der Waals surface area contributed by atoms with E-state index in [1.165, 1.54) is 13.0 Å². The summed E-state index contributed by atoms with van der Waals surface area (Å²) < 4.78 is 76.4. The number of nitrogens with zero attached hydrogens (tertiary/aromatic N) is 2. The molecule has 2 aromatic carbocycles. The lowest BCUT2D eigenvalue weighted by atomic mass is 10.0. The lowest BCUT2D eigenvalue weighted by Crippen LogP contribution is -2.43. The Labute approximate surface area is 224 Å². The van der Waals surface area contributed by atoms with E-state index in [2.05, 4.69) is 15.0 Å². The van der Waals surface area contributed by atoms with E-state index < -0.39 is 64.5 Å². The first kappa shape index (κ1) is 33.8. The molecule has 2 atom stereocenters. The largest absolute Gasteiger partial charge is 0.407 e. The molecule has 0 heterocycles. The van der Waals surface area contributed by atoms with Crippen molar-refractivity contribution >= 4 is 34.6 Å². The third-order valence-electron chi connectivity index (χ3n) is 5.34. The highest BCUT2D eigenvalue weighted by atomic mass is 19.4. The Kier molecular flexibility index (Phi) is 10.8. The van der Waals surface area contributed by atoms with E-state index in [0.717, 1.165) is 25.1 Å². The summed E-state index contributed by atoms with van der Waals surface area (Å²) in [6.45, 7) is 16.3. The maximum atomic E-state index is 12.7. The van der Waals surface area contributed by atoms with Gasteiger partial charge in [-0.1, -0.05) is 19.1 Å². The number of halogens is 6. The summed E-state index contributed by atoms with van der Waals surface area (Å²) in [6.07, 6.45) is -9.31. The molecule has 2 aromatic rings. The molecular formula is C25H24F6N4O5. The van der Waals surface area contributed by atoms with Gasteiger partial charge in [0, 0.05) is 11.4 Å². The van der Waals surface area contributed by atoms with Crippen molar-refractivity contribution < 1.29 is 51.3 Å². The fourth-order valence-electron chi connectivity index (χ4n) is 2.64. The lowest BCUT2D eigenvalue weighted by Gasteiger charge is -2.20. The normalized spacial score (nSPS) is 14.2. The molecule has 9 nitrogen and oxygen atoms in total. The van der Waals surface area contributed by atoms with E-state index in [-0.39, 0.29) is 17.8 Å². The minimum atomic E-state index is -4.74. The number of hydrogen-bond acceptors (Lipinski definition) is 5. The lowest BCUT2D eigenvalue weighted by molar-refractivity contribution is -0.137. The Morgan fingerprint density at radius 3 is 1.40 bits per heavy atom. The zero-order valence-electron chi connectivity index (χ0n) is 21.2. The maximum Gasteiger partial charge on any atom is 0.407 e. The number of benzene rings is 2. The first-order chi connectivity index (χ1) is 18.2. The van der Waals surface area contributed by atoms with E-state index in [4.69, 9.17) is 18.3 Å². The third-order valence-corrected chi connectivity index (χ3v) is 5.34. The van der Waals surface area contributed by atoms with Crippen LogP contribution in [0, 0.1) is 13.1 Å². The highest BCUT2D eigenvalue weighted by Crippen LogP contribution is 2.39. The zero-order chi connectivity index (χ0) is 31.1. The molecule has 2 amide bonds. The Morgan fingerprint density at radius 2 is 1.12 bits per heavy atom. The Balaban J connectivity index is 0.000000400. The Morgan fingerprint density at radius 1 is 0.775 bits per heavy atom. The van der Waals surface area contributed by atoms with E-state index in [1.807, 2.05) is 5.32 Å². The van der Waals surface area contributed by atoms with E-state index >= 15 is 0 Å². The summed E-state index contributed by atoms with van der Waals surface area (Å²) in [5, 5.41) is 32.2. The van der Waals surface area contributed by atoms with Gasteiger partial charge < -0.3 is 26.0 Å². The molecule has 2 unspecified atom stereocenters. The molecule has 0 radical (unpaired) electrons. The average molecular weight is 574 g/mol. The molecule has 0 spiro atoms. The van der Waals surface area contributed by atoms with E-state index in [9.17, 15) is 46.1 Å². The van der Waals surface area contributed by atoms with Gasteiger partial charge in [-0.25, -0.2) is 9.69 Å². The van der Waals surface area contributed by atoms with E-state index in [1.54, 1.807) is 6.92 Å². The summed E-state index contributed by atoms with van der Waals surface area (Å²) in [7, 11) is 0. The molecular weight excluding hydrogens is 550 g/mol. The molecule has 0 aliphatic heterocycles. The van der Waals surface area contributed by atoms with Crippen molar-refractivity contribution in [2.75, 3.05) is 17.2 Å². The molecule has 5 N–H and O–H groups in total. The predicted molar refractivity (Wildman–Crippen MR) is 131 cm³/mol. The number of aliphatic hydroxyl groups excluding tert-OH is 1. The maximum absolute atomic E-state index is 12.7. The van der Waals surface area contributed by atoms with Crippen LogP contribution in [0.15, 0.2) is 36.4 Å². The van der Waals surface area contributed by atoms with Crippen LogP contribution < -0.4 is 10.6 Å². The number of rotatable bonds is 6. The van der Waals surface area contributed by atoms with Crippen LogP contribution in [0.4, 0.5) is 49.1 Å². The molecule has 40 heavy (non-hydrogen) atoms. The van der Waals surface area contributed by atoms with Crippen LogP contribution in [-0.2, 0) is 21.9 Å². The first-order valence-electron chi connectivity index (χ1n) is 11.1. The summed E-state index contributed by atoms with van der Waals surface area (Å²) in [5.74, 6) is -1.85. The average Bonchev–Trinajstić information content (AvgIpc) is 2.87. The molecule has 0 saturated heterocycles. The van der Waals surface area contributed by atoms with Crippen molar-refractivity contribution in [1.82, 2.24) is 0 Å². The Bertz CT molecular complexity index is 1220. The van der Waals surface area contributed by atoms with Crippen molar-refractivity contribution in [2.24, 2.45) is 0 Å². The molecule has 0 fully saturated rings. The van der Waals surface area contributed by atoms with E-state index in [0.29, 0.717) is 12.1 Å². The monoisotopic (exact) mass is 574 g/mol. The molecule has 0 aliphatic rings. The number of nitrogens with one attached hydrogen (secondary N) is 2. The molecule has 0 bridgehead atoms. The van der Waals surface area contributed by atoms with Crippen LogP contribution >= 0.6 is 0 Å². The number of carbonyl (C=O) groups excluding carboxylic acids is 2. The number of anilines is 2. The van der Waals surface area contributed by atoms with Crippen molar-refractivity contribution in [3.63, 3.8) is 0 Å². The molecule has 0 aromatic heterocycles. The van der Waals surface area contributed by atoms with Gasteiger partial charge in [0.05, 0.1) is 30.9 Å². The van der Waals surface area contributed by atoms with Gasteiger partial charge in [-0.15, -0.1) is 0 Å². The molecule has 15 heteroatoms. The van der Waals surface area contributed by atoms with Gasteiger partial charge in [-0.05, 0) is 44.5 Å². The summed E-state index contributed by atoms with van der Waals surface area (Å²) in [4.78, 5) is 28.7. The zero-order valence-corrected chi connectivity index (χ0v) is 21.2. The van der Waals surface area contributed by atoms with Crippen molar-refractivity contribution in [2.45, 2.75) is 50.7 Å². The van der Waals surface area contributed by atoms with Gasteiger partial charge in [0.2, 0.25) is 0 Å². The van der Waals surface area contributed by atoms with Gasteiger partial charge in [-0.3, -0.25) is 9.59 Å². The topological polar surface area (TPSA) is 128 Å². The van der Waals surface area contributed by atoms with Gasteiger partial charge in [0.25, 0.3) is 11.8 Å². The van der Waals surface area contributed by atoms with Crippen LogP contribution in [0.3, 0.4) is 0 Å². The van der Waals surface area contributed by atoms with Crippen molar-refractivity contribution in [3.05, 3.63) is 70.4 Å². The van der Waals surface area contributed by atoms with Crippen LogP contribution in [0.5, 0.6) is 0 Å². The Hall–Kier alpha value is -4.18. The second-order valence-electron chi connectivity index (χ2n) is 8.65. The van der Waals surface area contributed by atoms with Crippen LogP contribution in [-0.4, -0.2) is 44.9 Å². The number of alkyl halides is 6. The van der Waals surface area contributed by atoms with Gasteiger partial charge >= 0.3 is 12.4 Å². The molecule has 0 saturated carbocycles. The quantitative estimate of drug-likeness (QED) is 0.237. The van der Waals surface area contributed by atoms with Gasteiger partial charge in [-0.2, -0.15) is 26.3 Å². The minimum absolute atomic E-state index is 0.116. The molecule has 0 aliphatic carbocycles. The number of amides is 2. The highest BCUT2D eigenvalue weighted by Gasteiger charge is 2.36. The highest BCUT2D eigenvalue weighted by molar-refractivity contribution is 5.97. The van der Waals surface area contributed by atoms with Gasteiger partial charge in [0.15, 0.2) is 17.0 Å². The number of aliphatic hydroxyl groups is 3. The molecule has 216 valence electrons. The second kappa shape index (κ2) is 12.8.